The number of benzene rings is 2. The molecule has 0 aliphatic rings. The van der Waals surface area contributed by atoms with E-state index in [2.05, 4.69) is 20.5 Å². The number of aryl methyl sites for hydroxylation is 1. The van der Waals surface area contributed by atoms with Crippen LogP contribution in [0.2, 0.25) is 0 Å². The Bertz CT molecular complexity index is 1110. The summed E-state index contributed by atoms with van der Waals surface area (Å²) >= 11 is 1.29. The van der Waals surface area contributed by atoms with E-state index in [-0.39, 0.29) is 17.7 Å². The van der Waals surface area contributed by atoms with Gasteiger partial charge in [0.25, 0.3) is 0 Å². The molecule has 0 fully saturated rings. The molecule has 0 aliphatic heterocycles. The fraction of sp³-hybridized carbons (Fsp3) is 0.200. The number of thioether (sulfide) groups is 1. The molecule has 136 valence electrons. The summed E-state index contributed by atoms with van der Waals surface area (Å²) < 4.78 is 2.00. The average molecular weight is 377 g/mol. The number of hydrogen-bond donors (Lipinski definition) is 1. The maximum absolute atomic E-state index is 12.3. The summed E-state index contributed by atoms with van der Waals surface area (Å²) in [5, 5.41) is 13.0. The van der Waals surface area contributed by atoms with Crippen molar-refractivity contribution in [3.05, 3.63) is 60.2 Å². The SMILES string of the molecule is C[C@@H](NC(=O)CSc1nnc2c3ccccc3n(C)c2n1)c1ccccc1. The van der Waals surface area contributed by atoms with Gasteiger partial charge in [-0.25, -0.2) is 4.98 Å². The minimum absolute atomic E-state index is 0.0426. The van der Waals surface area contributed by atoms with Crippen molar-refractivity contribution in [3.8, 4) is 0 Å². The van der Waals surface area contributed by atoms with Gasteiger partial charge in [0.1, 0.15) is 5.52 Å². The van der Waals surface area contributed by atoms with E-state index in [4.69, 9.17) is 0 Å². The molecule has 1 amide bonds. The molecular weight excluding hydrogens is 358 g/mol. The Hall–Kier alpha value is -2.93. The van der Waals surface area contributed by atoms with E-state index in [1.54, 1.807) is 0 Å². The molecule has 2 aromatic carbocycles. The number of carbonyl (C=O) groups excluding carboxylic acids is 1. The number of para-hydroxylation sites is 1. The minimum atomic E-state index is -0.0582. The smallest absolute Gasteiger partial charge is 0.230 e. The number of fused-ring (bicyclic) bond motifs is 3. The van der Waals surface area contributed by atoms with Gasteiger partial charge in [-0.15, -0.1) is 10.2 Å². The van der Waals surface area contributed by atoms with Crippen LogP contribution >= 0.6 is 11.8 Å². The molecule has 4 rings (SSSR count). The first-order valence-corrected chi connectivity index (χ1v) is 9.67. The van der Waals surface area contributed by atoms with Crippen LogP contribution in [0.3, 0.4) is 0 Å². The Morgan fingerprint density at radius 1 is 1.11 bits per heavy atom. The van der Waals surface area contributed by atoms with Gasteiger partial charge in [-0.05, 0) is 18.6 Å². The van der Waals surface area contributed by atoms with Crippen molar-refractivity contribution in [1.29, 1.82) is 0 Å². The highest BCUT2D eigenvalue weighted by Gasteiger charge is 2.14. The lowest BCUT2D eigenvalue weighted by atomic mass is 10.1. The molecule has 27 heavy (non-hydrogen) atoms. The highest BCUT2D eigenvalue weighted by molar-refractivity contribution is 7.99. The van der Waals surface area contributed by atoms with Gasteiger partial charge < -0.3 is 9.88 Å². The molecule has 0 spiro atoms. The van der Waals surface area contributed by atoms with E-state index in [0.717, 1.165) is 27.6 Å². The van der Waals surface area contributed by atoms with Crippen molar-refractivity contribution >= 4 is 39.7 Å². The van der Waals surface area contributed by atoms with Crippen molar-refractivity contribution < 1.29 is 4.79 Å². The molecule has 0 aliphatic carbocycles. The standard InChI is InChI=1S/C20H19N5OS/c1-13(14-8-4-3-5-9-14)21-17(26)12-27-20-22-19-18(23-24-20)15-10-6-7-11-16(15)25(19)2/h3-11,13H,12H2,1-2H3,(H,21,26)/t13-/m1/s1. The molecule has 2 aromatic heterocycles. The van der Waals surface area contributed by atoms with Crippen LogP contribution in [0.15, 0.2) is 59.8 Å². The van der Waals surface area contributed by atoms with E-state index in [1.807, 2.05) is 73.1 Å². The van der Waals surface area contributed by atoms with Gasteiger partial charge in [0.15, 0.2) is 5.65 Å². The largest absolute Gasteiger partial charge is 0.349 e. The van der Waals surface area contributed by atoms with Gasteiger partial charge in [0, 0.05) is 12.4 Å². The summed E-state index contributed by atoms with van der Waals surface area (Å²) in [6.45, 7) is 1.97. The van der Waals surface area contributed by atoms with Crippen LogP contribution in [0.4, 0.5) is 0 Å². The van der Waals surface area contributed by atoms with E-state index in [9.17, 15) is 4.79 Å². The van der Waals surface area contributed by atoms with Gasteiger partial charge in [-0.3, -0.25) is 4.79 Å². The highest BCUT2D eigenvalue weighted by Crippen LogP contribution is 2.25. The second kappa shape index (κ2) is 7.36. The predicted molar refractivity (Wildman–Crippen MR) is 108 cm³/mol. The summed E-state index contributed by atoms with van der Waals surface area (Å²) in [5.41, 5.74) is 3.68. The molecule has 0 unspecified atom stereocenters. The quantitative estimate of drug-likeness (QED) is 0.539. The lowest BCUT2D eigenvalue weighted by Crippen LogP contribution is -2.28. The molecule has 2 heterocycles. The second-order valence-electron chi connectivity index (χ2n) is 6.33. The first kappa shape index (κ1) is 17.5. The van der Waals surface area contributed by atoms with E-state index < -0.39 is 0 Å². The third kappa shape index (κ3) is 3.50. The number of carbonyl (C=O) groups is 1. The maximum atomic E-state index is 12.3. The van der Waals surface area contributed by atoms with E-state index in [0.29, 0.717) is 5.16 Å². The molecule has 0 radical (unpaired) electrons. The van der Waals surface area contributed by atoms with Gasteiger partial charge in [0.05, 0.1) is 17.3 Å². The van der Waals surface area contributed by atoms with Gasteiger partial charge >= 0.3 is 0 Å². The van der Waals surface area contributed by atoms with Crippen LogP contribution in [-0.2, 0) is 11.8 Å². The van der Waals surface area contributed by atoms with Crippen molar-refractivity contribution in [1.82, 2.24) is 25.1 Å². The number of rotatable bonds is 5. The lowest BCUT2D eigenvalue weighted by Gasteiger charge is -2.13. The zero-order valence-corrected chi connectivity index (χ0v) is 15.9. The average Bonchev–Trinajstić information content (AvgIpc) is 2.99. The first-order chi connectivity index (χ1) is 13.1. The fourth-order valence-corrected chi connectivity index (χ4v) is 3.68. The van der Waals surface area contributed by atoms with Crippen molar-refractivity contribution in [2.24, 2.45) is 7.05 Å². The number of amides is 1. The summed E-state index contributed by atoms with van der Waals surface area (Å²) in [6, 6.07) is 17.9. The molecule has 7 heteroatoms. The van der Waals surface area contributed by atoms with Crippen LogP contribution in [-0.4, -0.2) is 31.4 Å². The molecular formula is C20H19N5OS. The molecule has 1 atom stereocenters. The Labute approximate surface area is 161 Å². The van der Waals surface area contributed by atoms with Crippen LogP contribution in [0, 0.1) is 0 Å². The summed E-state index contributed by atoms with van der Waals surface area (Å²) in [5.74, 6) is 0.186. The Balaban J connectivity index is 1.46. The van der Waals surface area contributed by atoms with Crippen LogP contribution in [0.25, 0.3) is 22.1 Å². The molecule has 1 N–H and O–H groups in total. The highest BCUT2D eigenvalue weighted by atomic mass is 32.2. The van der Waals surface area contributed by atoms with Crippen molar-refractivity contribution in [3.63, 3.8) is 0 Å². The molecule has 6 nitrogen and oxygen atoms in total. The Kier molecular flexibility index (Phi) is 4.77. The molecule has 4 aromatic rings. The maximum Gasteiger partial charge on any atom is 0.230 e. The van der Waals surface area contributed by atoms with Gasteiger partial charge in [-0.2, -0.15) is 0 Å². The third-order valence-electron chi connectivity index (χ3n) is 4.50. The van der Waals surface area contributed by atoms with Crippen LogP contribution < -0.4 is 5.32 Å². The van der Waals surface area contributed by atoms with Crippen LogP contribution in [0.1, 0.15) is 18.5 Å². The number of aromatic nitrogens is 4. The summed E-state index contributed by atoms with van der Waals surface area (Å²) in [7, 11) is 1.96. The topological polar surface area (TPSA) is 72.7 Å². The minimum Gasteiger partial charge on any atom is -0.349 e. The molecule has 0 saturated heterocycles. The van der Waals surface area contributed by atoms with E-state index in [1.165, 1.54) is 11.8 Å². The normalized spacial score (nSPS) is 12.4. The summed E-state index contributed by atoms with van der Waals surface area (Å²) in [6.07, 6.45) is 0. The predicted octanol–water partition coefficient (Wildman–Crippen LogP) is 3.49. The number of nitrogens with one attached hydrogen (secondary N) is 1. The number of nitrogens with zero attached hydrogens (tertiary/aromatic N) is 4. The first-order valence-electron chi connectivity index (χ1n) is 8.68. The Morgan fingerprint density at radius 2 is 1.85 bits per heavy atom. The third-order valence-corrected chi connectivity index (χ3v) is 5.33. The molecule has 0 bridgehead atoms. The van der Waals surface area contributed by atoms with Gasteiger partial charge in [-0.1, -0.05) is 60.3 Å². The van der Waals surface area contributed by atoms with Crippen molar-refractivity contribution in [2.75, 3.05) is 5.75 Å². The van der Waals surface area contributed by atoms with Gasteiger partial charge in [0.2, 0.25) is 11.1 Å². The second-order valence-corrected chi connectivity index (χ2v) is 7.27. The number of hydrogen-bond acceptors (Lipinski definition) is 5. The summed E-state index contributed by atoms with van der Waals surface area (Å²) in [4.78, 5) is 16.9. The lowest BCUT2D eigenvalue weighted by molar-refractivity contribution is -0.119. The van der Waals surface area contributed by atoms with E-state index >= 15 is 0 Å². The zero-order valence-electron chi connectivity index (χ0n) is 15.1. The monoisotopic (exact) mass is 377 g/mol. The van der Waals surface area contributed by atoms with Crippen LogP contribution in [0.5, 0.6) is 0 Å². The van der Waals surface area contributed by atoms with Crippen molar-refractivity contribution in [2.45, 2.75) is 18.1 Å². The zero-order chi connectivity index (χ0) is 18.8. The molecule has 0 saturated carbocycles. The fourth-order valence-electron chi connectivity index (χ4n) is 3.09. The Morgan fingerprint density at radius 3 is 2.67 bits per heavy atom.